The molecule has 1 aliphatic carbocycles. The number of nitrogens with one attached hydrogen (secondary N) is 1. The summed E-state index contributed by atoms with van der Waals surface area (Å²) in [5.41, 5.74) is 1.08. The van der Waals surface area contributed by atoms with Crippen LogP contribution in [0.2, 0.25) is 0 Å². The quantitative estimate of drug-likeness (QED) is 0.682. The molecule has 0 amide bonds. The molecular formula is C13H17BrN2O2. The highest BCUT2D eigenvalue weighted by molar-refractivity contribution is 9.10. The van der Waals surface area contributed by atoms with Crippen molar-refractivity contribution < 1.29 is 4.92 Å². The third-order valence-corrected chi connectivity index (χ3v) is 4.59. The molecule has 5 heteroatoms. The average Bonchev–Trinajstić information content (AvgIpc) is 2.73. The number of halogens is 1. The van der Waals surface area contributed by atoms with Crippen LogP contribution >= 0.6 is 15.9 Å². The van der Waals surface area contributed by atoms with Gasteiger partial charge in [-0.3, -0.25) is 10.1 Å². The second kappa shape index (κ2) is 5.80. The van der Waals surface area contributed by atoms with Gasteiger partial charge in [-0.2, -0.15) is 0 Å². The lowest BCUT2D eigenvalue weighted by molar-refractivity contribution is -0.385. The van der Waals surface area contributed by atoms with Crippen molar-refractivity contribution in [2.24, 2.45) is 5.92 Å². The zero-order valence-electron chi connectivity index (χ0n) is 10.4. The first-order valence-electron chi connectivity index (χ1n) is 6.24. The van der Waals surface area contributed by atoms with E-state index in [0.717, 1.165) is 5.56 Å². The molecule has 1 aliphatic rings. The Morgan fingerprint density at radius 3 is 2.89 bits per heavy atom. The minimum Gasteiger partial charge on any atom is -0.310 e. The maximum absolute atomic E-state index is 10.8. The van der Waals surface area contributed by atoms with E-state index >= 15 is 0 Å². The van der Waals surface area contributed by atoms with Crippen LogP contribution in [0.25, 0.3) is 0 Å². The molecule has 1 aromatic rings. The summed E-state index contributed by atoms with van der Waals surface area (Å²) >= 11 is 3.32. The molecule has 0 spiro atoms. The van der Waals surface area contributed by atoms with E-state index < -0.39 is 0 Å². The van der Waals surface area contributed by atoms with Gasteiger partial charge in [-0.1, -0.05) is 25.5 Å². The summed E-state index contributed by atoms with van der Waals surface area (Å²) < 4.78 is 0.591. The molecule has 1 saturated carbocycles. The van der Waals surface area contributed by atoms with E-state index in [2.05, 4.69) is 28.2 Å². The number of nitro benzene ring substituents is 1. The highest BCUT2D eigenvalue weighted by atomic mass is 79.9. The van der Waals surface area contributed by atoms with Crippen molar-refractivity contribution in [3.05, 3.63) is 38.3 Å². The second-order valence-electron chi connectivity index (χ2n) is 4.90. The van der Waals surface area contributed by atoms with E-state index in [9.17, 15) is 10.1 Å². The molecule has 98 valence electrons. The smallest absolute Gasteiger partial charge is 0.283 e. The normalized spacial score (nSPS) is 23.2. The van der Waals surface area contributed by atoms with Gasteiger partial charge in [0.1, 0.15) is 0 Å². The summed E-state index contributed by atoms with van der Waals surface area (Å²) in [5.74, 6) is 0.697. The number of nitro groups is 1. The molecule has 1 N–H and O–H groups in total. The first-order chi connectivity index (χ1) is 8.59. The number of rotatable bonds is 4. The topological polar surface area (TPSA) is 55.2 Å². The molecule has 2 rings (SSSR count). The monoisotopic (exact) mass is 312 g/mol. The van der Waals surface area contributed by atoms with Gasteiger partial charge in [0.15, 0.2) is 0 Å². The van der Waals surface area contributed by atoms with Gasteiger partial charge in [-0.05, 0) is 40.3 Å². The standard InChI is InChI=1S/C13H17BrN2O2/c1-9-4-2-6-11(9)15-8-10-5-3-7-12(13(10)14)16(17)18/h3,5,7,9,11,15H,2,4,6,8H2,1H3. The molecule has 0 radical (unpaired) electrons. The Kier molecular flexibility index (Phi) is 4.35. The van der Waals surface area contributed by atoms with E-state index in [4.69, 9.17) is 0 Å². The molecule has 0 aliphatic heterocycles. The summed E-state index contributed by atoms with van der Waals surface area (Å²) in [4.78, 5) is 10.5. The minimum atomic E-state index is -0.355. The fraction of sp³-hybridized carbons (Fsp3) is 0.538. The molecule has 0 heterocycles. The van der Waals surface area contributed by atoms with Gasteiger partial charge in [0.2, 0.25) is 0 Å². The van der Waals surface area contributed by atoms with Crippen molar-refractivity contribution >= 4 is 21.6 Å². The zero-order chi connectivity index (χ0) is 13.1. The molecule has 18 heavy (non-hydrogen) atoms. The summed E-state index contributed by atoms with van der Waals surface area (Å²) in [5, 5.41) is 14.3. The molecule has 2 unspecified atom stereocenters. The Morgan fingerprint density at radius 2 is 2.28 bits per heavy atom. The van der Waals surface area contributed by atoms with Gasteiger partial charge in [-0.15, -0.1) is 0 Å². The third-order valence-electron chi connectivity index (χ3n) is 3.67. The van der Waals surface area contributed by atoms with Crippen LogP contribution in [-0.2, 0) is 6.54 Å². The molecule has 4 nitrogen and oxygen atoms in total. The molecule has 0 saturated heterocycles. The summed E-state index contributed by atoms with van der Waals surface area (Å²) in [6.07, 6.45) is 3.75. The highest BCUT2D eigenvalue weighted by Crippen LogP contribution is 2.29. The number of benzene rings is 1. The van der Waals surface area contributed by atoms with Crippen LogP contribution < -0.4 is 5.32 Å². The van der Waals surface area contributed by atoms with Crippen LogP contribution in [0.15, 0.2) is 22.7 Å². The van der Waals surface area contributed by atoms with E-state index in [1.54, 1.807) is 6.07 Å². The largest absolute Gasteiger partial charge is 0.310 e. The molecular weight excluding hydrogens is 296 g/mol. The summed E-state index contributed by atoms with van der Waals surface area (Å²) in [6, 6.07) is 5.71. The van der Waals surface area contributed by atoms with Gasteiger partial charge in [0.05, 0.1) is 9.40 Å². The van der Waals surface area contributed by atoms with Crippen molar-refractivity contribution in [1.82, 2.24) is 5.32 Å². The molecule has 1 aromatic carbocycles. The van der Waals surface area contributed by atoms with E-state index in [-0.39, 0.29) is 10.6 Å². The van der Waals surface area contributed by atoms with Crippen LogP contribution in [0.4, 0.5) is 5.69 Å². The zero-order valence-corrected chi connectivity index (χ0v) is 11.9. The number of hydrogen-bond acceptors (Lipinski definition) is 3. The summed E-state index contributed by atoms with van der Waals surface area (Å²) in [7, 11) is 0. The predicted octanol–water partition coefficient (Wildman–Crippen LogP) is 3.64. The fourth-order valence-electron chi connectivity index (χ4n) is 2.53. The van der Waals surface area contributed by atoms with Gasteiger partial charge >= 0.3 is 0 Å². The second-order valence-corrected chi connectivity index (χ2v) is 5.70. The molecule has 0 bridgehead atoms. The Labute approximate surface area is 115 Å². The van der Waals surface area contributed by atoms with Crippen molar-refractivity contribution in [3.8, 4) is 0 Å². The van der Waals surface area contributed by atoms with Crippen molar-refractivity contribution in [3.63, 3.8) is 0 Å². The number of hydrogen-bond donors (Lipinski definition) is 1. The van der Waals surface area contributed by atoms with E-state index in [0.29, 0.717) is 23.0 Å². The SMILES string of the molecule is CC1CCCC1NCc1cccc([N+](=O)[O-])c1Br. The predicted molar refractivity (Wildman–Crippen MR) is 74.4 cm³/mol. The van der Waals surface area contributed by atoms with Crippen molar-refractivity contribution in [1.29, 1.82) is 0 Å². The Balaban J connectivity index is 2.05. The van der Waals surface area contributed by atoms with Gasteiger partial charge in [-0.25, -0.2) is 0 Å². The lowest BCUT2D eigenvalue weighted by Crippen LogP contribution is -2.30. The summed E-state index contributed by atoms with van der Waals surface area (Å²) in [6.45, 7) is 2.93. The van der Waals surface area contributed by atoms with Crippen LogP contribution in [0.3, 0.4) is 0 Å². The third kappa shape index (κ3) is 2.90. The molecule has 1 fully saturated rings. The van der Waals surface area contributed by atoms with Gasteiger partial charge in [0, 0.05) is 18.7 Å². The van der Waals surface area contributed by atoms with Crippen molar-refractivity contribution in [2.75, 3.05) is 0 Å². The van der Waals surface area contributed by atoms with E-state index in [1.165, 1.54) is 25.3 Å². The van der Waals surface area contributed by atoms with Crippen LogP contribution in [0.5, 0.6) is 0 Å². The molecule has 2 atom stereocenters. The van der Waals surface area contributed by atoms with Crippen LogP contribution in [-0.4, -0.2) is 11.0 Å². The Bertz CT molecular complexity index is 451. The van der Waals surface area contributed by atoms with Gasteiger partial charge in [0.25, 0.3) is 5.69 Å². The van der Waals surface area contributed by atoms with Crippen molar-refractivity contribution in [2.45, 2.75) is 38.8 Å². The fourth-order valence-corrected chi connectivity index (χ4v) is 3.08. The number of nitrogens with zero attached hydrogens (tertiary/aromatic N) is 1. The van der Waals surface area contributed by atoms with E-state index in [1.807, 2.05) is 6.07 Å². The van der Waals surface area contributed by atoms with Crippen LogP contribution in [0, 0.1) is 16.0 Å². The lowest BCUT2D eigenvalue weighted by atomic mass is 10.1. The first kappa shape index (κ1) is 13.5. The maximum atomic E-state index is 10.8. The lowest BCUT2D eigenvalue weighted by Gasteiger charge is -2.17. The first-order valence-corrected chi connectivity index (χ1v) is 7.04. The highest BCUT2D eigenvalue weighted by Gasteiger charge is 2.23. The Morgan fingerprint density at radius 1 is 1.50 bits per heavy atom. The minimum absolute atomic E-state index is 0.133. The van der Waals surface area contributed by atoms with Crippen LogP contribution in [0.1, 0.15) is 31.7 Å². The molecule has 0 aromatic heterocycles. The average molecular weight is 313 g/mol. The maximum Gasteiger partial charge on any atom is 0.283 e. The Hall–Kier alpha value is -0.940. The van der Waals surface area contributed by atoms with Gasteiger partial charge < -0.3 is 5.32 Å².